The quantitative estimate of drug-likeness (QED) is 0.938. The Hall–Kier alpha value is -2.82. The molecular weight excluding hydrogens is 302 g/mol. The molecule has 24 heavy (non-hydrogen) atoms. The Bertz CT molecular complexity index is 691. The number of hydrogen-bond acceptors (Lipinski definition) is 2. The third-order valence-corrected chi connectivity index (χ3v) is 4.42. The Balaban J connectivity index is 2.25. The molecule has 0 atom stereocenters. The van der Waals surface area contributed by atoms with Crippen LogP contribution in [0.4, 0.5) is 9.59 Å². The van der Waals surface area contributed by atoms with E-state index in [1.807, 2.05) is 67.6 Å². The summed E-state index contributed by atoms with van der Waals surface area (Å²) in [7, 11) is 0. The van der Waals surface area contributed by atoms with Crippen molar-refractivity contribution >= 4 is 12.1 Å². The third kappa shape index (κ3) is 2.33. The molecule has 0 radical (unpaired) electrons. The fraction of sp³-hybridized carbons (Fsp3) is 0.263. The van der Waals surface area contributed by atoms with Crippen LogP contribution < -0.4 is 5.32 Å². The van der Waals surface area contributed by atoms with E-state index in [9.17, 15) is 9.59 Å². The zero-order chi connectivity index (χ0) is 17.2. The maximum Gasteiger partial charge on any atom is 0.330 e. The zero-order valence-corrected chi connectivity index (χ0v) is 13.9. The van der Waals surface area contributed by atoms with Crippen molar-refractivity contribution in [2.24, 2.45) is 0 Å². The van der Waals surface area contributed by atoms with Gasteiger partial charge in [0.1, 0.15) is 0 Å². The van der Waals surface area contributed by atoms with Crippen LogP contribution in [0.1, 0.15) is 25.0 Å². The van der Waals surface area contributed by atoms with E-state index >= 15 is 0 Å². The van der Waals surface area contributed by atoms with Crippen LogP contribution in [0.2, 0.25) is 0 Å². The maximum atomic E-state index is 13.0. The summed E-state index contributed by atoms with van der Waals surface area (Å²) in [5, 5.41) is 3.09. The first-order chi connectivity index (χ1) is 11.6. The van der Waals surface area contributed by atoms with Crippen LogP contribution in [0.25, 0.3) is 0 Å². The molecule has 1 heterocycles. The second kappa shape index (κ2) is 6.35. The average molecular weight is 323 g/mol. The van der Waals surface area contributed by atoms with Gasteiger partial charge in [0.25, 0.3) is 0 Å². The summed E-state index contributed by atoms with van der Waals surface area (Å²) >= 11 is 0. The highest BCUT2D eigenvalue weighted by Gasteiger charge is 2.50. The summed E-state index contributed by atoms with van der Waals surface area (Å²) in [6.45, 7) is 4.52. The molecule has 1 N–H and O–H groups in total. The molecule has 0 spiro atoms. The van der Waals surface area contributed by atoms with Gasteiger partial charge < -0.3 is 5.32 Å². The molecule has 3 rings (SSSR count). The Morgan fingerprint density at radius 1 is 0.833 bits per heavy atom. The highest BCUT2D eigenvalue weighted by Crippen LogP contribution is 2.36. The van der Waals surface area contributed by atoms with Crippen molar-refractivity contribution in [1.29, 1.82) is 0 Å². The number of carbonyl (C=O) groups is 2. The fourth-order valence-electron chi connectivity index (χ4n) is 3.30. The zero-order valence-electron chi connectivity index (χ0n) is 13.9. The number of hydrogen-bond donors (Lipinski definition) is 1. The Morgan fingerprint density at radius 2 is 1.33 bits per heavy atom. The van der Waals surface area contributed by atoms with Crippen LogP contribution in [0.5, 0.6) is 0 Å². The summed E-state index contributed by atoms with van der Waals surface area (Å²) in [5.41, 5.74) is 0.711. The van der Waals surface area contributed by atoms with Gasteiger partial charge in [0, 0.05) is 24.2 Å². The number of urea groups is 2. The van der Waals surface area contributed by atoms with Gasteiger partial charge in [-0.3, -0.25) is 4.90 Å². The Kier molecular flexibility index (Phi) is 4.25. The summed E-state index contributed by atoms with van der Waals surface area (Å²) in [6.07, 6.45) is 0. The van der Waals surface area contributed by atoms with Gasteiger partial charge in [0.15, 0.2) is 5.66 Å². The Morgan fingerprint density at radius 3 is 1.75 bits per heavy atom. The molecular formula is C19H21N3O2. The molecule has 0 saturated carbocycles. The van der Waals surface area contributed by atoms with Crippen molar-refractivity contribution in [2.75, 3.05) is 13.1 Å². The molecule has 0 aliphatic carbocycles. The number of imide groups is 1. The van der Waals surface area contributed by atoms with Crippen molar-refractivity contribution in [3.05, 3.63) is 71.8 Å². The van der Waals surface area contributed by atoms with Crippen LogP contribution in [0.15, 0.2) is 60.7 Å². The second-order valence-corrected chi connectivity index (χ2v) is 5.64. The smallest absolute Gasteiger partial charge is 0.307 e. The lowest BCUT2D eigenvalue weighted by Crippen LogP contribution is -2.70. The van der Waals surface area contributed by atoms with E-state index in [1.54, 1.807) is 11.8 Å². The molecule has 2 aromatic rings. The maximum absolute atomic E-state index is 13.0. The van der Waals surface area contributed by atoms with Gasteiger partial charge in [-0.05, 0) is 13.8 Å². The molecule has 1 aliphatic heterocycles. The SMILES string of the molecule is CCN1C(=O)NC(c2ccccc2)(c2ccccc2)N(CC)C1=O. The molecule has 0 unspecified atom stereocenters. The van der Waals surface area contributed by atoms with Gasteiger partial charge >= 0.3 is 12.1 Å². The highest BCUT2D eigenvalue weighted by molar-refractivity contribution is 5.97. The first-order valence-corrected chi connectivity index (χ1v) is 8.17. The first kappa shape index (κ1) is 16.1. The first-order valence-electron chi connectivity index (χ1n) is 8.17. The van der Waals surface area contributed by atoms with Crippen molar-refractivity contribution in [1.82, 2.24) is 15.1 Å². The van der Waals surface area contributed by atoms with E-state index in [-0.39, 0.29) is 12.1 Å². The van der Waals surface area contributed by atoms with Crippen LogP contribution in [-0.2, 0) is 5.66 Å². The van der Waals surface area contributed by atoms with Crippen LogP contribution in [0.3, 0.4) is 0 Å². The number of benzene rings is 2. The molecule has 1 aliphatic rings. The monoisotopic (exact) mass is 323 g/mol. The lowest BCUT2D eigenvalue weighted by atomic mass is 9.88. The molecule has 1 saturated heterocycles. The summed E-state index contributed by atoms with van der Waals surface area (Å²) in [5.74, 6) is 0. The van der Waals surface area contributed by atoms with Gasteiger partial charge in [0.2, 0.25) is 0 Å². The van der Waals surface area contributed by atoms with E-state index in [1.165, 1.54) is 4.90 Å². The van der Waals surface area contributed by atoms with Gasteiger partial charge in [-0.25, -0.2) is 14.5 Å². The largest absolute Gasteiger partial charge is 0.330 e. The summed E-state index contributed by atoms with van der Waals surface area (Å²) in [6, 6.07) is 18.6. The van der Waals surface area contributed by atoms with Crippen molar-refractivity contribution in [3.8, 4) is 0 Å². The molecule has 124 valence electrons. The predicted octanol–water partition coefficient (Wildman–Crippen LogP) is 3.37. The lowest BCUT2D eigenvalue weighted by molar-refractivity contribution is 0.0686. The van der Waals surface area contributed by atoms with E-state index in [4.69, 9.17) is 0 Å². The van der Waals surface area contributed by atoms with Gasteiger partial charge in [-0.15, -0.1) is 0 Å². The summed E-state index contributed by atoms with van der Waals surface area (Å²) < 4.78 is 0. The lowest BCUT2D eigenvalue weighted by Gasteiger charge is -2.50. The molecule has 0 bridgehead atoms. The molecule has 5 nitrogen and oxygen atoms in total. The van der Waals surface area contributed by atoms with Crippen LogP contribution in [0, 0.1) is 0 Å². The minimum atomic E-state index is -1.00. The molecule has 1 fully saturated rings. The molecule has 4 amide bonds. The van der Waals surface area contributed by atoms with Crippen molar-refractivity contribution in [3.63, 3.8) is 0 Å². The Labute approximate surface area is 141 Å². The van der Waals surface area contributed by atoms with Crippen LogP contribution >= 0.6 is 0 Å². The average Bonchev–Trinajstić information content (AvgIpc) is 2.63. The molecule has 0 aromatic heterocycles. The van der Waals surface area contributed by atoms with E-state index in [0.717, 1.165) is 11.1 Å². The number of rotatable bonds is 4. The van der Waals surface area contributed by atoms with Gasteiger partial charge in [-0.1, -0.05) is 60.7 Å². The molecule has 5 heteroatoms. The second-order valence-electron chi connectivity index (χ2n) is 5.64. The highest BCUT2D eigenvalue weighted by atomic mass is 16.2. The number of nitrogens with one attached hydrogen (secondary N) is 1. The van der Waals surface area contributed by atoms with Crippen molar-refractivity contribution < 1.29 is 9.59 Å². The fourth-order valence-corrected chi connectivity index (χ4v) is 3.30. The van der Waals surface area contributed by atoms with Crippen LogP contribution in [-0.4, -0.2) is 35.0 Å². The van der Waals surface area contributed by atoms with Gasteiger partial charge in [-0.2, -0.15) is 0 Å². The molecule has 2 aromatic carbocycles. The number of nitrogens with zero attached hydrogens (tertiary/aromatic N) is 2. The van der Waals surface area contributed by atoms with Crippen molar-refractivity contribution in [2.45, 2.75) is 19.5 Å². The minimum Gasteiger partial charge on any atom is -0.307 e. The minimum absolute atomic E-state index is 0.281. The third-order valence-electron chi connectivity index (χ3n) is 4.42. The van der Waals surface area contributed by atoms with Gasteiger partial charge in [0.05, 0.1) is 0 Å². The van der Waals surface area contributed by atoms with E-state index in [0.29, 0.717) is 13.1 Å². The predicted molar refractivity (Wildman–Crippen MR) is 92.4 cm³/mol. The standard InChI is InChI=1S/C19H21N3O2/c1-3-21-17(23)20-19(22(4-2)18(21)24,15-11-7-5-8-12-15)16-13-9-6-10-14-16/h5-14H,3-4H2,1-2H3,(H,20,23). The summed E-state index contributed by atoms with van der Waals surface area (Å²) in [4.78, 5) is 28.5. The topological polar surface area (TPSA) is 52.7 Å². The number of carbonyl (C=O) groups excluding carboxylic acids is 2. The van der Waals surface area contributed by atoms with E-state index < -0.39 is 5.66 Å². The number of amides is 4. The van der Waals surface area contributed by atoms with E-state index in [2.05, 4.69) is 5.32 Å². The normalized spacial score (nSPS) is 16.9.